The maximum absolute atomic E-state index is 9.24. The molecular weight excluding hydrogens is 128 g/mol. The summed E-state index contributed by atoms with van der Waals surface area (Å²) in [7, 11) is 1.67. The van der Waals surface area contributed by atoms with Gasteiger partial charge in [0.05, 0.1) is 11.7 Å². The molecular formula is C8H18O2. The van der Waals surface area contributed by atoms with Gasteiger partial charge in [0.25, 0.3) is 0 Å². The van der Waals surface area contributed by atoms with Crippen molar-refractivity contribution in [1.29, 1.82) is 0 Å². The standard InChI is InChI=1S/C8H18O2/c1-5-7(9)6-8(2,3)10-4/h7,9H,5-6H2,1-4H3. The maximum atomic E-state index is 9.24. The average molecular weight is 146 g/mol. The average Bonchev–Trinajstić information content (AvgIpc) is 1.87. The Labute approximate surface area is 63.2 Å². The van der Waals surface area contributed by atoms with Crippen LogP contribution in [0.25, 0.3) is 0 Å². The van der Waals surface area contributed by atoms with E-state index in [0.717, 1.165) is 6.42 Å². The highest BCUT2D eigenvalue weighted by Gasteiger charge is 2.19. The lowest BCUT2D eigenvalue weighted by molar-refractivity contribution is -0.0199. The zero-order valence-corrected chi connectivity index (χ0v) is 7.35. The Morgan fingerprint density at radius 3 is 2.30 bits per heavy atom. The molecule has 0 aromatic rings. The van der Waals surface area contributed by atoms with Crippen LogP contribution in [0.4, 0.5) is 0 Å². The third-order valence-electron chi connectivity index (χ3n) is 1.75. The van der Waals surface area contributed by atoms with Gasteiger partial charge in [-0.05, 0) is 20.3 Å². The molecule has 0 fully saturated rings. The topological polar surface area (TPSA) is 29.5 Å². The Hall–Kier alpha value is -0.0800. The molecule has 1 atom stereocenters. The molecule has 1 N–H and O–H groups in total. The Kier molecular flexibility index (Phi) is 3.91. The Bertz CT molecular complexity index is 89.3. The number of aliphatic hydroxyl groups is 1. The molecule has 0 amide bonds. The molecule has 0 radical (unpaired) electrons. The van der Waals surface area contributed by atoms with Gasteiger partial charge in [0.2, 0.25) is 0 Å². The summed E-state index contributed by atoms with van der Waals surface area (Å²) in [6.07, 6.45) is 1.28. The van der Waals surface area contributed by atoms with Gasteiger partial charge in [-0.1, -0.05) is 6.92 Å². The number of rotatable bonds is 4. The predicted octanol–water partition coefficient (Wildman–Crippen LogP) is 1.57. The lowest BCUT2D eigenvalue weighted by atomic mass is 9.99. The molecule has 10 heavy (non-hydrogen) atoms. The first-order valence-corrected chi connectivity index (χ1v) is 3.75. The van der Waals surface area contributed by atoms with Crippen LogP contribution in [0.2, 0.25) is 0 Å². The van der Waals surface area contributed by atoms with E-state index in [-0.39, 0.29) is 11.7 Å². The lowest BCUT2D eigenvalue weighted by Crippen LogP contribution is -2.28. The van der Waals surface area contributed by atoms with E-state index in [1.807, 2.05) is 20.8 Å². The van der Waals surface area contributed by atoms with Crippen LogP contribution in [0.1, 0.15) is 33.6 Å². The highest BCUT2D eigenvalue weighted by atomic mass is 16.5. The van der Waals surface area contributed by atoms with Crippen molar-refractivity contribution in [2.24, 2.45) is 0 Å². The van der Waals surface area contributed by atoms with Gasteiger partial charge in [0.15, 0.2) is 0 Å². The van der Waals surface area contributed by atoms with Gasteiger partial charge in [-0.3, -0.25) is 0 Å². The SMILES string of the molecule is CCC(O)CC(C)(C)OC. The van der Waals surface area contributed by atoms with Gasteiger partial charge in [-0.25, -0.2) is 0 Å². The molecule has 62 valence electrons. The third kappa shape index (κ3) is 3.85. The highest BCUT2D eigenvalue weighted by Crippen LogP contribution is 2.16. The molecule has 0 saturated heterocycles. The Morgan fingerprint density at radius 1 is 1.50 bits per heavy atom. The second-order valence-electron chi connectivity index (χ2n) is 3.23. The molecule has 0 rings (SSSR count). The van der Waals surface area contributed by atoms with E-state index in [9.17, 15) is 5.11 Å². The van der Waals surface area contributed by atoms with Crippen molar-refractivity contribution in [3.8, 4) is 0 Å². The van der Waals surface area contributed by atoms with Gasteiger partial charge in [-0.15, -0.1) is 0 Å². The molecule has 2 heteroatoms. The highest BCUT2D eigenvalue weighted by molar-refractivity contribution is 4.71. The summed E-state index contributed by atoms with van der Waals surface area (Å²) < 4.78 is 5.15. The molecule has 0 heterocycles. The quantitative estimate of drug-likeness (QED) is 0.652. The maximum Gasteiger partial charge on any atom is 0.0647 e. The summed E-state index contributed by atoms with van der Waals surface area (Å²) >= 11 is 0. The van der Waals surface area contributed by atoms with E-state index < -0.39 is 0 Å². The first kappa shape index (κ1) is 9.92. The first-order valence-electron chi connectivity index (χ1n) is 3.75. The summed E-state index contributed by atoms with van der Waals surface area (Å²) in [5.74, 6) is 0. The van der Waals surface area contributed by atoms with E-state index in [2.05, 4.69) is 0 Å². The van der Waals surface area contributed by atoms with Crippen molar-refractivity contribution in [1.82, 2.24) is 0 Å². The number of methoxy groups -OCH3 is 1. The smallest absolute Gasteiger partial charge is 0.0647 e. The number of ether oxygens (including phenoxy) is 1. The van der Waals surface area contributed by atoms with Crippen molar-refractivity contribution in [3.63, 3.8) is 0 Å². The summed E-state index contributed by atoms with van der Waals surface area (Å²) in [4.78, 5) is 0. The number of aliphatic hydroxyl groups excluding tert-OH is 1. The van der Waals surface area contributed by atoms with E-state index >= 15 is 0 Å². The molecule has 0 aliphatic heterocycles. The summed E-state index contributed by atoms with van der Waals surface area (Å²) in [5.41, 5.74) is -0.185. The van der Waals surface area contributed by atoms with Gasteiger partial charge in [0, 0.05) is 13.5 Å². The monoisotopic (exact) mass is 146 g/mol. The minimum atomic E-state index is -0.227. The predicted molar refractivity (Wildman–Crippen MR) is 42.0 cm³/mol. The molecule has 0 saturated carbocycles. The molecule has 0 bridgehead atoms. The Balaban J connectivity index is 3.64. The summed E-state index contributed by atoms with van der Waals surface area (Å²) in [5, 5.41) is 9.24. The van der Waals surface area contributed by atoms with Crippen molar-refractivity contribution >= 4 is 0 Å². The fourth-order valence-corrected chi connectivity index (χ4v) is 0.795. The summed E-state index contributed by atoms with van der Waals surface area (Å²) in [6, 6.07) is 0. The van der Waals surface area contributed by atoms with Crippen LogP contribution in [0, 0.1) is 0 Å². The van der Waals surface area contributed by atoms with Crippen LogP contribution in [-0.4, -0.2) is 23.9 Å². The minimum Gasteiger partial charge on any atom is -0.393 e. The van der Waals surface area contributed by atoms with Crippen LogP contribution in [0.3, 0.4) is 0 Å². The molecule has 0 aliphatic rings. The third-order valence-corrected chi connectivity index (χ3v) is 1.75. The van der Waals surface area contributed by atoms with E-state index in [1.54, 1.807) is 7.11 Å². The van der Waals surface area contributed by atoms with E-state index in [0.29, 0.717) is 6.42 Å². The second-order valence-corrected chi connectivity index (χ2v) is 3.23. The fourth-order valence-electron chi connectivity index (χ4n) is 0.795. The largest absolute Gasteiger partial charge is 0.393 e. The van der Waals surface area contributed by atoms with Crippen LogP contribution < -0.4 is 0 Å². The lowest BCUT2D eigenvalue weighted by Gasteiger charge is -2.25. The molecule has 0 aromatic heterocycles. The van der Waals surface area contributed by atoms with Gasteiger partial charge in [0.1, 0.15) is 0 Å². The van der Waals surface area contributed by atoms with Crippen LogP contribution in [-0.2, 0) is 4.74 Å². The number of hydrogen-bond acceptors (Lipinski definition) is 2. The zero-order chi connectivity index (χ0) is 8.20. The van der Waals surface area contributed by atoms with Crippen LogP contribution in [0.15, 0.2) is 0 Å². The van der Waals surface area contributed by atoms with Gasteiger partial charge < -0.3 is 9.84 Å². The van der Waals surface area contributed by atoms with Crippen molar-refractivity contribution in [2.75, 3.05) is 7.11 Å². The molecule has 0 spiro atoms. The fraction of sp³-hybridized carbons (Fsp3) is 1.00. The molecule has 1 unspecified atom stereocenters. The van der Waals surface area contributed by atoms with Crippen LogP contribution >= 0.6 is 0 Å². The number of hydrogen-bond donors (Lipinski definition) is 1. The van der Waals surface area contributed by atoms with Gasteiger partial charge in [-0.2, -0.15) is 0 Å². The molecule has 0 aromatic carbocycles. The molecule has 0 aliphatic carbocycles. The normalized spacial score (nSPS) is 15.3. The minimum absolute atomic E-state index is 0.185. The Morgan fingerprint density at radius 2 is 2.00 bits per heavy atom. The van der Waals surface area contributed by atoms with E-state index in [1.165, 1.54) is 0 Å². The summed E-state index contributed by atoms with van der Waals surface area (Å²) in [6.45, 7) is 5.92. The van der Waals surface area contributed by atoms with Gasteiger partial charge >= 0.3 is 0 Å². The van der Waals surface area contributed by atoms with Crippen molar-refractivity contribution < 1.29 is 9.84 Å². The molecule has 2 nitrogen and oxygen atoms in total. The van der Waals surface area contributed by atoms with Crippen molar-refractivity contribution in [3.05, 3.63) is 0 Å². The first-order chi connectivity index (χ1) is 4.52. The zero-order valence-electron chi connectivity index (χ0n) is 7.35. The second kappa shape index (κ2) is 3.94. The van der Waals surface area contributed by atoms with Crippen molar-refractivity contribution in [2.45, 2.75) is 45.3 Å². The van der Waals surface area contributed by atoms with E-state index in [4.69, 9.17) is 4.74 Å². The van der Waals surface area contributed by atoms with Crippen LogP contribution in [0.5, 0.6) is 0 Å².